The SMILES string of the molecule is CC(C)c1ccccc1OCC(=O)NC(=S)Nc1ccc(N(C)C)cc1. The van der Waals surface area contributed by atoms with Gasteiger partial charge in [-0.05, 0) is 54.0 Å². The summed E-state index contributed by atoms with van der Waals surface area (Å²) in [6.07, 6.45) is 0. The van der Waals surface area contributed by atoms with E-state index in [4.69, 9.17) is 17.0 Å². The molecule has 138 valence electrons. The van der Waals surface area contributed by atoms with Gasteiger partial charge in [0, 0.05) is 25.5 Å². The lowest BCUT2D eigenvalue weighted by Crippen LogP contribution is -2.37. The molecule has 0 saturated carbocycles. The number of amides is 1. The fourth-order valence-electron chi connectivity index (χ4n) is 2.40. The summed E-state index contributed by atoms with van der Waals surface area (Å²) in [5.74, 6) is 0.740. The largest absolute Gasteiger partial charge is 0.483 e. The predicted octanol–water partition coefficient (Wildman–Crippen LogP) is 3.77. The van der Waals surface area contributed by atoms with Crippen LogP contribution in [0.5, 0.6) is 5.75 Å². The van der Waals surface area contributed by atoms with Crippen LogP contribution in [0.3, 0.4) is 0 Å². The molecular formula is C20H25N3O2S. The molecule has 1 amide bonds. The first kappa shape index (κ1) is 19.7. The quantitative estimate of drug-likeness (QED) is 0.757. The van der Waals surface area contributed by atoms with Crippen LogP contribution >= 0.6 is 12.2 Å². The zero-order valence-corrected chi connectivity index (χ0v) is 16.4. The highest BCUT2D eigenvalue weighted by Crippen LogP contribution is 2.25. The van der Waals surface area contributed by atoms with Crippen LogP contribution in [0.4, 0.5) is 11.4 Å². The molecule has 0 fully saturated rings. The summed E-state index contributed by atoms with van der Waals surface area (Å²) in [4.78, 5) is 14.1. The molecule has 0 aliphatic heterocycles. The zero-order valence-electron chi connectivity index (χ0n) is 15.6. The molecule has 6 heteroatoms. The Labute approximate surface area is 160 Å². The van der Waals surface area contributed by atoms with Gasteiger partial charge >= 0.3 is 0 Å². The highest BCUT2D eigenvalue weighted by Gasteiger charge is 2.10. The number of carbonyl (C=O) groups excluding carboxylic acids is 1. The van der Waals surface area contributed by atoms with E-state index in [1.807, 2.05) is 67.5 Å². The Bertz CT molecular complexity index is 758. The standard InChI is InChI=1S/C20H25N3O2S/c1-14(2)17-7-5-6-8-18(17)25-13-19(24)22-20(26)21-15-9-11-16(12-10-15)23(3)4/h5-12,14H,13H2,1-4H3,(H2,21,22,24,26). The molecule has 0 aromatic heterocycles. The van der Waals surface area contributed by atoms with E-state index in [0.717, 1.165) is 22.7 Å². The Morgan fingerprint density at radius 1 is 1.12 bits per heavy atom. The molecule has 0 bridgehead atoms. The zero-order chi connectivity index (χ0) is 19.1. The average Bonchev–Trinajstić information content (AvgIpc) is 2.60. The molecule has 5 nitrogen and oxygen atoms in total. The van der Waals surface area contributed by atoms with Crippen molar-refractivity contribution in [3.05, 3.63) is 54.1 Å². The minimum Gasteiger partial charge on any atom is -0.483 e. The van der Waals surface area contributed by atoms with Crippen LogP contribution in [0.25, 0.3) is 0 Å². The molecule has 2 aromatic rings. The fraction of sp³-hybridized carbons (Fsp3) is 0.300. The number of ether oxygens (including phenoxy) is 1. The third-order valence-corrected chi connectivity index (χ3v) is 4.00. The molecule has 0 saturated heterocycles. The molecule has 2 rings (SSSR count). The molecule has 2 aromatic carbocycles. The smallest absolute Gasteiger partial charge is 0.264 e. The van der Waals surface area contributed by atoms with Gasteiger partial charge in [0.1, 0.15) is 5.75 Å². The summed E-state index contributed by atoms with van der Waals surface area (Å²) in [6.45, 7) is 4.08. The van der Waals surface area contributed by atoms with Gasteiger partial charge in [-0.2, -0.15) is 0 Å². The van der Waals surface area contributed by atoms with Crippen LogP contribution in [0.2, 0.25) is 0 Å². The first-order valence-corrected chi connectivity index (χ1v) is 8.87. The molecule has 0 radical (unpaired) electrons. The van der Waals surface area contributed by atoms with E-state index in [1.165, 1.54) is 0 Å². The predicted molar refractivity (Wildman–Crippen MR) is 111 cm³/mol. The number of para-hydroxylation sites is 1. The van der Waals surface area contributed by atoms with Gasteiger partial charge in [-0.3, -0.25) is 10.1 Å². The number of nitrogens with zero attached hydrogens (tertiary/aromatic N) is 1. The number of rotatable bonds is 6. The van der Waals surface area contributed by atoms with Gasteiger partial charge < -0.3 is 15.0 Å². The number of benzene rings is 2. The molecule has 0 heterocycles. The van der Waals surface area contributed by atoms with Crippen molar-refractivity contribution in [1.29, 1.82) is 0 Å². The van der Waals surface area contributed by atoms with E-state index in [-0.39, 0.29) is 17.6 Å². The molecule has 2 N–H and O–H groups in total. The second-order valence-corrected chi connectivity index (χ2v) is 6.83. The summed E-state index contributed by atoms with van der Waals surface area (Å²) in [5.41, 5.74) is 2.97. The minimum absolute atomic E-state index is 0.0921. The Kier molecular flexibility index (Phi) is 6.97. The van der Waals surface area contributed by atoms with Crippen molar-refractivity contribution in [1.82, 2.24) is 5.32 Å². The summed E-state index contributed by atoms with van der Waals surface area (Å²) in [5, 5.41) is 5.87. The van der Waals surface area contributed by atoms with Crippen molar-refractivity contribution >= 4 is 34.6 Å². The lowest BCUT2D eigenvalue weighted by atomic mass is 10.0. The van der Waals surface area contributed by atoms with E-state index >= 15 is 0 Å². The minimum atomic E-state index is -0.300. The topological polar surface area (TPSA) is 53.6 Å². The number of hydrogen-bond acceptors (Lipinski definition) is 4. The second kappa shape index (κ2) is 9.20. The van der Waals surface area contributed by atoms with Crippen LogP contribution < -0.4 is 20.3 Å². The van der Waals surface area contributed by atoms with Gasteiger partial charge in [0.05, 0.1) is 0 Å². The summed E-state index contributed by atoms with van der Waals surface area (Å²) in [7, 11) is 3.95. The van der Waals surface area contributed by atoms with Crippen LogP contribution in [0, 0.1) is 0 Å². The van der Waals surface area contributed by atoms with Crippen LogP contribution in [-0.2, 0) is 4.79 Å². The lowest BCUT2D eigenvalue weighted by Gasteiger charge is -2.15. The lowest BCUT2D eigenvalue weighted by molar-refractivity contribution is -0.121. The number of carbonyl (C=O) groups is 1. The third-order valence-electron chi connectivity index (χ3n) is 3.79. The van der Waals surface area contributed by atoms with Crippen molar-refractivity contribution in [2.45, 2.75) is 19.8 Å². The van der Waals surface area contributed by atoms with Gasteiger partial charge in [-0.25, -0.2) is 0 Å². The van der Waals surface area contributed by atoms with Gasteiger partial charge in [-0.1, -0.05) is 32.0 Å². The van der Waals surface area contributed by atoms with E-state index in [1.54, 1.807) is 0 Å². The maximum atomic E-state index is 12.1. The van der Waals surface area contributed by atoms with Crippen molar-refractivity contribution in [2.75, 3.05) is 30.9 Å². The van der Waals surface area contributed by atoms with Gasteiger partial charge in [-0.15, -0.1) is 0 Å². The van der Waals surface area contributed by atoms with E-state index in [9.17, 15) is 4.79 Å². The Balaban J connectivity index is 1.85. The molecule has 0 unspecified atom stereocenters. The summed E-state index contributed by atoms with van der Waals surface area (Å²) in [6, 6.07) is 15.5. The number of nitrogens with one attached hydrogen (secondary N) is 2. The molecular weight excluding hydrogens is 346 g/mol. The monoisotopic (exact) mass is 371 g/mol. The number of hydrogen-bond donors (Lipinski definition) is 2. The first-order chi connectivity index (χ1) is 12.4. The van der Waals surface area contributed by atoms with Gasteiger partial charge in [0.25, 0.3) is 5.91 Å². The normalized spacial score (nSPS) is 10.3. The Morgan fingerprint density at radius 3 is 2.38 bits per heavy atom. The van der Waals surface area contributed by atoms with E-state index < -0.39 is 0 Å². The average molecular weight is 372 g/mol. The highest BCUT2D eigenvalue weighted by atomic mass is 32.1. The fourth-order valence-corrected chi connectivity index (χ4v) is 2.63. The van der Waals surface area contributed by atoms with Crippen LogP contribution in [0.1, 0.15) is 25.3 Å². The number of anilines is 2. The van der Waals surface area contributed by atoms with Crippen molar-refractivity contribution in [3.8, 4) is 5.75 Å². The highest BCUT2D eigenvalue weighted by molar-refractivity contribution is 7.80. The van der Waals surface area contributed by atoms with Gasteiger partial charge in [0.15, 0.2) is 11.7 Å². The maximum absolute atomic E-state index is 12.1. The Morgan fingerprint density at radius 2 is 1.77 bits per heavy atom. The van der Waals surface area contributed by atoms with Crippen molar-refractivity contribution in [3.63, 3.8) is 0 Å². The Hall–Kier alpha value is -2.60. The summed E-state index contributed by atoms with van der Waals surface area (Å²) >= 11 is 5.19. The molecule has 26 heavy (non-hydrogen) atoms. The number of thiocarbonyl (C=S) groups is 1. The van der Waals surface area contributed by atoms with Gasteiger partial charge in [0.2, 0.25) is 0 Å². The third kappa shape index (κ3) is 5.74. The maximum Gasteiger partial charge on any atom is 0.264 e. The molecule has 0 aliphatic carbocycles. The molecule has 0 atom stereocenters. The molecule has 0 spiro atoms. The summed E-state index contributed by atoms with van der Waals surface area (Å²) < 4.78 is 5.65. The van der Waals surface area contributed by atoms with Crippen molar-refractivity contribution in [2.24, 2.45) is 0 Å². The van der Waals surface area contributed by atoms with Crippen LogP contribution in [-0.4, -0.2) is 31.7 Å². The van der Waals surface area contributed by atoms with Crippen LogP contribution in [0.15, 0.2) is 48.5 Å². The van der Waals surface area contributed by atoms with E-state index in [0.29, 0.717) is 5.92 Å². The van der Waals surface area contributed by atoms with Crippen molar-refractivity contribution < 1.29 is 9.53 Å². The first-order valence-electron chi connectivity index (χ1n) is 8.46. The van der Waals surface area contributed by atoms with E-state index in [2.05, 4.69) is 24.5 Å². The molecule has 0 aliphatic rings. The second-order valence-electron chi connectivity index (χ2n) is 6.42.